The maximum atomic E-state index is 11.3. The Bertz CT molecular complexity index is 184. The zero-order chi connectivity index (χ0) is 9.84. The lowest BCUT2D eigenvalue weighted by Crippen LogP contribution is -2.41. The number of nitrogens with zero attached hydrogens (tertiary/aromatic N) is 1. The Morgan fingerprint density at radius 3 is 2.85 bits per heavy atom. The van der Waals surface area contributed by atoms with Crippen molar-refractivity contribution < 1.29 is 9.53 Å². The second-order valence-corrected chi connectivity index (χ2v) is 3.49. The Morgan fingerprint density at radius 1 is 1.77 bits per heavy atom. The van der Waals surface area contributed by atoms with E-state index < -0.39 is 0 Å². The van der Waals surface area contributed by atoms with Crippen LogP contribution in [0, 0.1) is 0 Å². The summed E-state index contributed by atoms with van der Waals surface area (Å²) in [6, 6.07) is 0.122. The molecule has 4 heteroatoms. The van der Waals surface area contributed by atoms with Crippen LogP contribution in [0.15, 0.2) is 0 Å². The third-order valence-electron chi connectivity index (χ3n) is 2.56. The van der Waals surface area contributed by atoms with Crippen molar-refractivity contribution in [3.05, 3.63) is 0 Å². The molecule has 1 rings (SSSR count). The molecule has 0 saturated carbocycles. The first-order valence-electron chi connectivity index (χ1n) is 4.76. The van der Waals surface area contributed by atoms with E-state index in [2.05, 4.69) is 4.90 Å². The first kappa shape index (κ1) is 10.5. The van der Waals surface area contributed by atoms with Gasteiger partial charge in [-0.05, 0) is 12.8 Å². The normalized spacial score (nSPS) is 25.9. The summed E-state index contributed by atoms with van der Waals surface area (Å²) < 4.78 is 4.73. The second-order valence-electron chi connectivity index (χ2n) is 3.49. The number of hydrogen-bond acceptors (Lipinski definition) is 4. The van der Waals surface area contributed by atoms with Crippen LogP contribution >= 0.6 is 0 Å². The molecule has 0 aromatic carbocycles. The quantitative estimate of drug-likeness (QED) is 0.629. The van der Waals surface area contributed by atoms with E-state index in [-0.39, 0.29) is 18.1 Å². The van der Waals surface area contributed by atoms with E-state index in [9.17, 15) is 4.79 Å². The molecule has 2 unspecified atom stereocenters. The number of ether oxygens (including phenoxy) is 1. The summed E-state index contributed by atoms with van der Waals surface area (Å²) in [7, 11) is 1.43. The summed E-state index contributed by atoms with van der Waals surface area (Å²) >= 11 is 0. The fourth-order valence-corrected chi connectivity index (χ4v) is 1.81. The summed E-state index contributed by atoms with van der Waals surface area (Å²) in [6.07, 6.45) is 1.77. The predicted molar refractivity (Wildman–Crippen MR) is 50.3 cm³/mol. The van der Waals surface area contributed by atoms with Crippen LogP contribution in [0.3, 0.4) is 0 Å². The molecule has 1 aliphatic rings. The van der Waals surface area contributed by atoms with Gasteiger partial charge in [0.1, 0.15) is 6.04 Å². The third-order valence-corrected chi connectivity index (χ3v) is 2.56. The van der Waals surface area contributed by atoms with Gasteiger partial charge in [-0.2, -0.15) is 0 Å². The number of rotatable bonds is 3. The average molecular weight is 186 g/mol. The molecule has 76 valence electrons. The standard InChI is InChI=1S/C9H18N2O2/c1-3-8(9(12)13-2)11-5-4-7(10)6-11/h7-8H,3-6,10H2,1-2H3. The summed E-state index contributed by atoms with van der Waals surface area (Å²) in [6.45, 7) is 3.72. The average Bonchev–Trinajstić information content (AvgIpc) is 2.53. The molecule has 1 aliphatic heterocycles. The van der Waals surface area contributed by atoms with Gasteiger partial charge in [-0.3, -0.25) is 9.69 Å². The van der Waals surface area contributed by atoms with Crippen LogP contribution < -0.4 is 5.73 Å². The van der Waals surface area contributed by atoms with Gasteiger partial charge in [0.05, 0.1) is 7.11 Å². The Balaban J connectivity index is 2.51. The number of nitrogens with two attached hydrogens (primary N) is 1. The summed E-state index contributed by atoms with van der Waals surface area (Å²) in [4.78, 5) is 13.4. The topological polar surface area (TPSA) is 55.6 Å². The summed E-state index contributed by atoms with van der Waals surface area (Å²) in [5.74, 6) is -0.142. The molecule has 13 heavy (non-hydrogen) atoms. The van der Waals surface area contributed by atoms with Gasteiger partial charge >= 0.3 is 5.97 Å². The first-order chi connectivity index (χ1) is 6.19. The highest BCUT2D eigenvalue weighted by Gasteiger charge is 2.30. The fourth-order valence-electron chi connectivity index (χ4n) is 1.81. The van der Waals surface area contributed by atoms with Crippen molar-refractivity contribution in [2.24, 2.45) is 5.73 Å². The largest absolute Gasteiger partial charge is 0.468 e. The van der Waals surface area contributed by atoms with Crippen LogP contribution in [0.5, 0.6) is 0 Å². The van der Waals surface area contributed by atoms with Crippen LogP contribution in [0.2, 0.25) is 0 Å². The van der Waals surface area contributed by atoms with Crippen molar-refractivity contribution in [3.63, 3.8) is 0 Å². The van der Waals surface area contributed by atoms with Crippen molar-refractivity contribution in [2.75, 3.05) is 20.2 Å². The van der Waals surface area contributed by atoms with Gasteiger partial charge < -0.3 is 10.5 Å². The van der Waals surface area contributed by atoms with Crippen LogP contribution in [0.1, 0.15) is 19.8 Å². The van der Waals surface area contributed by atoms with Crippen molar-refractivity contribution in [1.82, 2.24) is 4.90 Å². The van der Waals surface area contributed by atoms with Gasteiger partial charge in [0.2, 0.25) is 0 Å². The maximum absolute atomic E-state index is 11.3. The molecule has 2 atom stereocenters. The van der Waals surface area contributed by atoms with Crippen molar-refractivity contribution in [2.45, 2.75) is 31.8 Å². The molecule has 0 amide bonds. The Labute approximate surface area is 79.0 Å². The van der Waals surface area contributed by atoms with E-state index >= 15 is 0 Å². The predicted octanol–water partition coefficient (Wildman–Crippen LogP) is -0.0290. The van der Waals surface area contributed by atoms with Gasteiger partial charge in [-0.15, -0.1) is 0 Å². The van der Waals surface area contributed by atoms with E-state index in [1.165, 1.54) is 7.11 Å². The van der Waals surface area contributed by atoms with Gasteiger partial charge in [0.15, 0.2) is 0 Å². The highest BCUT2D eigenvalue weighted by atomic mass is 16.5. The molecule has 0 bridgehead atoms. The molecule has 0 aliphatic carbocycles. The van der Waals surface area contributed by atoms with Crippen LogP contribution in [0.4, 0.5) is 0 Å². The molecule has 0 spiro atoms. The van der Waals surface area contributed by atoms with E-state index in [1.807, 2.05) is 6.92 Å². The lowest BCUT2D eigenvalue weighted by atomic mass is 10.2. The minimum Gasteiger partial charge on any atom is -0.468 e. The third kappa shape index (κ3) is 2.42. The maximum Gasteiger partial charge on any atom is 0.323 e. The molecule has 1 saturated heterocycles. The number of carbonyl (C=O) groups excluding carboxylic acids is 1. The zero-order valence-corrected chi connectivity index (χ0v) is 8.32. The van der Waals surface area contributed by atoms with Crippen molar-refractivity contribution >= 4 is 5.97 Å². The lowest BCUT2D eigenvalue weighted by molar-refractivity contribution is -0.146. The molecular weight excluding hydrogens is 168 g/mol. The van der Waals surface area contributed by atoms with Crippen LogP contribution in [-0.4, -0.2) is 43.2 Å². The van der Waals surface area contributed by atoms with E-state index in [0.29, 0.717) is 0 Å². The van der Waals surface area contributed by atoms with Gasteiger partial charge in [0.25, 0.3) is 0 Å². The van der Waals surface area contributed by atoms with Crippen molar-refractivity contribution in [3.8, 4) is 0 Å². The van der Waals surface area contributed by atoms with Crippen molar-refractivity contribution in [1.29, 1.82) is 0 Å². The SMILES string of the molecule is CCC(C(=O)OC)N1CCC(N)C1. The summed E-state index contributed by atoms with van der Waals surface area (Å²) in [5.41, 5.74) is 5.77. The number of esters is 1. The van der Waals surface area contributed by atoms with E-state index in [0.717, 1.165) is 25.9 Å². The van der Waals surface area contributed by atoms with Gasteiger partial charge in [-0.25, -0.2) is 0 Å². The van der Waals surface area contributed by atoms with Crippen LogP contribution in [-0.2, 0) is 9.53 Å². The number of hydrogen-bond donors (Lipinski definition) is 1. The van der Waals surface area contributed by atoms with Gasteiger partial charge in [-0.1, -0.05) is 6.92 Å². The Morgan fingerprint density at radius 2 is 2.46 bits per heavy atom. The number of likely N-dealkylation sites (tertiary alicyclic amines) is 1. The van der Waals surface area contributed by atoms with E-state index in [1.54, 1.807) is 0 Å². The molecule has 1 fully saturated rings. The first-order valence-corrected chi connectivity index (χ1v) is 4.76. The lowest BCUT2D eigenvalue weighted by Gasteiger charge is -2.23. The monoisotopic (exact) mass is 186 g/mol. The second kappa shape index (κ2) is 4.58. The van der Waals surface area contributed by atoms with E-state index in [4.69, 9.17) is 10.5 Å². The smallest absolute Gasteiger partial charge is 0.323 e. The highest BCUT2D eigenvalue weighted by molar-refractivity contribution is 5.75. The molecule has 1 heterocycles. The Hall–Kier alpha value is -0.610. The number of carbonyl (C=O) groups is 1. The van der Waals surface area contributed by atoms with Gasteiger partial charge in [0, 0.05) is 19.1 Å². The Kier molecular flexibility index (Phi) is 3.69. The number of methoxy groups -OCH3 is 1. The molecule has 0 aromatic rings. The molecule has 0 aromatic heterocycles. The fraction of sp³-hybridized carbons (Fsp3) is 0.889. The highest BCUT2D eigenvalue weighted by Crippen LogP contribution is 2.14. The zero-order valence-electron chi connectivity index (χ0n) is 8.32. The van der Waals surface area contributed by atoms with Crippen LogP contribution in [0.25, 0.3) is 0 Å². The molecule has 0 radical (unpaired) electrons. The minimum atomic E-state index is -0.142. The minimum absolute atomic E-state index is 0.0986. The molecule has 2 N–H and O–H groups in total. The molecule has 4 nitrogen and oxygen atoms in total. The molecular formula is C9H18N2O2. The summed E-state index contributed by atoms with van der Waals surface area (Å²) in [5, 5.41) is 0.